The van der Waals surface area contributed by atoms with Gasteiger partial charge in [-0.05, 0) is 50.1 Å². The summed E-state index contributed by atoms with van der Waals surface area (Å²) in [4.78, 5) is 28.4. The molecule has 7 heteroatoms. The van der Waals surface area contributed by atoms with E-state index < -0.39 is 0 Å². The molecule has 0 radical (unpaired) electrons. The number of amides is 1. The summed E-state index contributed by atoms with van der Waals surface area (Å²) in [5, 5.41) is 3.41. The summed E-state index contributed by atoms with van der Waals surface area (Å²) in [5.74, 6) is -0.0253. The molecule has 0 saturated carbocycles. The predicted octanol–water partition coefficient (Wildman–Crippen LogP) is 3.63. The normalized spacial score (nSPS) is 13.7. The van der Waals surface area contributed by atoms with Crippen molar-refractivity contribution in [2.45, 2.75) is 33.7 Å². The van der Waals surface area contributed by atoms with Gasteiger partial charge >= 0.3 is 5.97 Å². The fraction of sp³-hybridized carbons (Fsp3) is 0.429. The minimum absolute atomic E-state index is 0.116. The first-order chi connectivity index (χ1) is 13.5. The van der Waals surface area contributed by atoms with Crippen molar-refractivity contribution in [2.24, 2.45) is 0 Å². The first-order valence-corrected chi connectivity index (χ1v) is 10.4. The van der Waals surface area contributed by atoms with E-state index in [9.17, 15) is 9.59 Å². The first kappa shape index (κ1) is 20.4. The Morgan fingerprint density at radius 3 is 2.82 bits per heavy atom. The molecule has 0 spiro atoms. The number of carbonyl (C=O) groups excluding carboxylic acids is 2. The molecule has 2 heterocycles. The second-order valence-corrected chi connectivity index (χ2v) is 7.81. The Morgan fingerprint density at radius 1 is 1.29 bits per heavy atom. The van der Waals surface area contributed by atoms with Gasteiger partial charge in [0.25, 0.3) is 5.91 Å². The van der Waals surface area contributed by atoms with Gasteiger partial charge < -0.3 is 14.8 Å². The lowest BCUT2D eigenvalue weighted by molar-refractivity contribution is -0.118. The van der Waals surface area contributed by atoms with Crippen molar-refractivity contribution < 1.29 is 19.1 Å². The Labute approximate surface area is 169 Å². The summed E-state index contributed by atoms with van der Waals surface area (Å²) < 4.78 is 10.8. The molecule has 2 aromatic rings. The fourth-order valence-corrected chi connectivity index (χ4v) is 4.54. The Kier molecular flexibility index (Phi) is 6.70. The van der Waals surface area contributed by atoms with Gasteiger partial charge in [-0.15, -0.1) is 11.3 Å². The lowest BCUT2D eigenvalue weighted by Gasteiger charge is -2.25. The molecule has 1 amide bonds. The second kappa shape index (κ2) is 9.21. The van der Waals surface area contributed by atoms with Crippen molar-refractivity contribution in [3.8, 4) is 5.75 Å². The minimum atomic E-state index is -0.375. The molecule has 1 N–H and O–H groups in total. The lowest BCUT2D eigenvalue weighted by atomic mass is 10.0. The number of ether oxygens (including phenoxy) is 2. The third-order valence-corrected chi connectivity index (χ3v) is 5.81. The summed E-state index contributed by atoms with van der Waals surface area (Å²) in [5.41, 5.74) is 2.57. The van der Waals surface area contributed by atoms with E-state index in [1.54, 1.807) is 6.92 Å². The molecule has 1 aliphatic heterocycles. The van der Waals surface area contributed by atoms with E-state index >= 15 is 0 Å². The zero-order valence-electron chi connectivity index (χ0n) is 16.5. The number of nitrogens with one attached hydrogen (secondary N) is 1. The minimum Gasteiger partial charge on any atom is -0.484 e. The molecule has 1 aromatic carbocycles. The number of rotatable bonds is 7. The highest BCUT2D eigenvalue weighted by Gasteiger charge is 2.29. The number of nitrogens with zero attached hydrogens (tertiary/aromatic N) is 1. The van der Waals surface area contributed by atoms with E-state index in [1.165, 1.54) is 11.3 Å². The average molecular weight is 403 g/mol. The number of likely N-dealkylation sites (N-methyl/N-ethyl adjacent to an activating group) is 1. The van der Waals surface area contributed by atoms with E-state index in [0.717, 1.165) is 42.1 Å². The van der Waals surface area contributed by atoms with Crippen molar-refractivity contribution in [3.05, 3.63) is 45.8 Å². The number of esters is 1. The van der Waals surface area contributed by atoms with Crippen LogP contribution in [0.25, 0.3) is 0 Å². The van der Waals surface area contributed by atoms with Crippen LogP contribution in [0.4, 0.5) is 5.00 Å². The highest BCUT2D eigenvalue weighted by atomic mass is 32.1. The standard InChI is InChI=1S/C21H26N2O4S/c1-4-23-10-9-16-17(12-23)28-20(19(16)21(25)26-5-2)22-18(24)13-27-15-8-6-7-14(3)11-15/h6-8,11H,4-5,9-10,12-13H2,1-3H3,(H,22,24). The van der Waals surface area contributed by atoms with E-state index in [4.69, 9.17) is 9.47 Å². The smallest absolute Gasteiger partial charge is 0.341 e. The zero-order valence-corrected chi connectivity index (χ0v) is 17.4. The zero-order chi connectivity index (χ0) is 20.1. The van der Waals surface area contributed by atoms with Gasteiger partial charge in [0.05, 0.1) is 12.2 Å². The lowest BCUT2D eigenvalue weighted by Crippen LogP contribution is -2.30. The van der Waals surface area contributed by atoms with Crippen LogP contribution in [0.5, 0.6) is 5.75 Å². The summed E-state index contributed by atoms with van der Waals surface area (Å²) in [6.07, 6.45) is 0.781. The highest BCUT2D eigenvalue weighted by Crippen LogP contribution is 2.37. The Bertz CT molecular complexity index is 862. The van der Waals surface area contributed by atoms with E-state index in [1.807, 2.05) is 31.2 Å². The van der Waals surface area contributed by atoms with E-state index in [-0.39, 0.29) is 18.5 Å². The van der Waals surface area contributed by atoms with Gasteiger partial charge in [-0.25, -0.2) is 4.79 Å². The van der Waals surface area contributed by atoms with Crippen molar-refractivity contribution in [2.75, 3.05) is 31.6 Å². The van der Waals surface area contributed by atoms with Gasteiger partial charge in [-0.3, -0.25) is 9.69 Å². The Morgan fingerprint density at radius 2 is 2.11 bits per heavy atom. The van der Waals surface area contributed by atoms with Crippen molar-refractivity contribution in [3.63, 3.8) is 0 Å². The maximum Gasteiger partial charge on any atom is 0.341 e. The van der Waals surface area contributed by atoms with Gasteiger partial charge in [0.15, 0.2) is 6.61 Å². The molecular formula is C21H26N2O4S. The van der Waals surface area contributed by atoms with E-state index in [0.29, 0.717) is 22.9 Å². The van der Waals surface area contributed by atoms with Gasteiger partial charge in [-0.2, -0.15) is 0 Å². The molecule has 0 aliphatic carbocycles. The molecule has 150 valence electrons. The van der Waals surface area contributed by atoms with Gasteiger partial charge in [-0.1, -0.05) is 19.1 Å². The number of aryl methyl sites for hydroxylation is 1. The maximum absolute atomic E-state index is 12.5. The molecule has 0 saturated heterocycles. The van der Waals surface area contributed by atoms with Gasteiger partial charge in [0.1, 0.15) is 10.8 Å². The van der Waals surface area contributed by atoms with Crippen LogP contribution in [-0.4, -0.2) is 43.1 Å². The number of hydrogen-bond acceptors (Lipinski definition) is 6. The molecule has 28 heavy (non-hydrogen) atoms. The molecule has 1 aromatic heterocycles. The summed E-state index contributed by atoms with van der Waals surface area (Å²) in [7, 11) is 0. The van der Waals surface area contributed by atoms with Crippen LogP contribution in [0.2, 0.25) is 0 Å². The Balaban J connectivity index is 1.75. The second-order valence-electron chi connectivity index (χ2n) is 6.70. The quantitative estimate of drug-likeness (QED) is 0.717. The number of fused-ring (bicyclic) bond motifs is 1. The van der Waals surface area contributed by atoms with Gasteiger partial charge in [0, 0.05) is 18.0 Å². The molecule has 0 unspecified atom stereocenters. The van der Waals surface area contributed by atoms with Crippen molar-refractivity contribution in [1.82, 2.24) is 4.90 Å². The molecule has 6 nitrogen and oxygen atoms in total. The molecule has 0 atom stereocenters. The summed E-state index contributed by atoms with van der Waals surface area (Å²) in [6, 6.07) is 7.54. The van der Waals surface area contributed by atoms with Crippen molar-refractivity contribution in [1.29, 1.82) is 0 Å². The largest absolute Gasteiger partial charge is 0.484 e. The third-order valence-electron chi connectivity index (χ3n) is 4.68. The number of hydrogen-bond donors (Lipinski definition) is 1. The van der Waals surface area contributed by atoms with Crippen LogP contribution in [-0.2, 0) is 22.5 Å². The molecule has 0 bridgehead atoms. The fourth-order valence-electron chi connectivity index (χ4n) is 3.25. The summed E-state index contributed by atoms with van der Waals surface area (Å²) in [6.45, 7) is 8.70. The predicted molar refractivity (Wildman–Crippen MR) is 110 cm³/mol. The number of anilines is 1. The van der Waals surface area contributed by atoms with Crippen LogP contribution in [0.3, 0.4) is 0 Å². The molecule has 3 rings (SSSR count). The third kappa shape index (κ3) is 4.72. The summed E-state index contributed by atoms with van der Waals surface area (Å²) >= 11 is 1.46. The van der Waals surface area contributed by atoms with Crippen molar-refractivity contribution >= 4 is 28.2 Å². The van der Waals surface area contributed by atoms with E-state index in [2.05, 4.69) is 17.1 Å². The first-order valence-electron chi connectivity index (χ1n) is 9.55. The molecule has 0 fully saturated rings. The Hall–Kier alpha value is -2.38. The number of carbonyl (C=O) groups is 2. The number of thiophene rings is 1. The van der Waals surface area contributed by atoms with Crippen LogP contribution in [0, 0.1) is 6.92 Å². The topological polar surface area (TPSA) is 67.9 Å². The molecule has 1 aliphatic rings. The van der Waals surface area contributed by atoms with Crippen LogP contribution < -0.4 is 10.1 Å². The average Bonchev–Trinajstić information content (AvgIpc) is 3.03. The van der Waals surface area contributed by atoms with Crippen LogP contribution >= 0.6 is 11.3 Å². The number of benzene rings is 1. The van der Waals surface area contributed by atoms with Crippen LogP contribution in [0.15, 0.2) is 24.3 Å². The highest BCUT2D eigenvalue weighted by molar-refractivity contribution is 7.17. The SMILES string of the molecule is CCOC(=O)c1c(NC(=O)COc2cccc(C)c2)sc2c1CCN(CC)C2. The maximum atomic E-state index is 12.5. The molecular weight excluding hydrogens is 376 g/mol. The van der Waals surface area contributed by atoms with Crippen LogP contribution in [0.1, 0.15) is 40.2 Å². The monoisotopic (exact) mass is 402 g/mol. The van der Waals surface area contributed by atoms with Gasteiger partial charge in [0.2, 0.25) is 0 Å².